The molecule has 4 nitrogen and oxygen atoms in total. The summed E-state index contributed by atoms with van der Waals surface area (Å²) in [5.41, 5.74) is 0.785. The Hall–Kier alpha value is -0.696. The summed E-state index contributed by atoms with van der Waals surface area (Å²) < 4.78 is 18.9. The van der Waals surface area contributed by atoms with E-state index in [9.17, 15) is 4.79 Å². The lowest BCUT2D eigenvalue weighted by molar-refractivity contribution is -0.175. The van der Waals surface area contributed by atoms with Gasteiger partial charge in [-0.25, -0.2) is 4.79 Å². The molecular formula is C23H44O4Si2. The zero-order chi connectivity index (χ0) is 23.1. The first-order valence-corrected chi connectivity index (χ1v) is 17.0. The van der Waals surface area contributed by atoms with Gasteiger partial charge in [0.2, 0.25) is 0 Å². The third kappa shape index (κ3) is 5.14. The number of ether oxygens (including phenoxy) is 1. The van der Waals surface area contributed by atoms with E-state index in [-0.39, 0.29) is 17.1 Å². The van der Waals surface area contributed by atoms with Crippen molar-refractivity contribution in [2.45, 2.75) is 104 Å². The van der Waals surface area contributed by atoms with Crippen molar-refractivity contribution >= 4 is 22.6 Å². The van der Waals surface area contributed by atoms with Gasteiger partial charge in [0, 0.05) is 11.8 Å². The van der Waals surface area contributed by atoms with Crippen molar-refractivity contribution in [1.82, 2.24) is 0 Å². The van der Waals surface area contributed by atoms with Crippen LogP contribution in [0.3, 0.4) is 0 Å². The van der Waals surface area contributed by atoms with Crippen LogP contribution in [-0.4, -0.2) is 41.4 Å². The van der Waals surface area contributed by atoms with E-state index in [1.807, 2.05) is 6.08 Å². The van der Waals surface area contributed by atoms with E-state index in [0.29, 0.717) is 12.8 Å². The van der Waals surface area contributed by atoms with Gasteiger partial charge in [-0.05, 0) is 56.7 Å². The molecule has 0 spiro atoms. The van der Waals surface area contributed by atoms with Crippen molar-refractivity contribution in [2.24, 2.45) is 5.41 Å². The number of carbonyl (C=O) groups excluding carboxylic acids is 1. The molecule has 0 radical (unpaired) electrons. The van der Waals surface area contributed by atoms with Gasteiger partial charge in [0.1, 0.15) is 0 Å². The third-order valence-electron chi connectivity index (χ3n) is 6.78. The molecule has 0 saturated carbocycles. The van der Waals surface area contributed by atoms with E-state index < -0.39 is 27.7 Å². The molecule has 29 heavy (non-hydrogen) atoms. The highest BCUT2D eigenvalue weighted by Gasteiger charge is 2.61. The molecule has 0 bridgehead atoms. The van der Waals surface area contributed by atoms with Gasteiger partial charge in [0.25, 0.3) is 0 Å². The second-order valence-corrected chi connectivity index (χ2v) is 20.6. The Balaban J connectivity index is 3.72. The standard InChI is InChI=1S/C23H44O4Si2/c1-14-15-18-17(2)19(26-29(12,13)21(3,4)5)16-23(20(24)25-8,22(18,6)7)27-28(9,10)11/h14,19H,1,15-16H2,2-13H3/t19-,23+/m0/s1. The lowest BCUT2D eigenvalue weighted by Gasteiger charge is -2.54. The molecular weight excluding hydrogens is 396 g/mol. The van der Waals surface area contributed by atoms with Crippen molar-refractivity contribution in [3.8, 4) is 0 Å². The van der Waals surface area contributed by atoms with E-state index in [4.69, 9.17) is 13.6 Å². The summed E-state index contributed by atoms with van der Waals surface area (Å²) >= 11 is 0. The number of hydrogen-bond acceptors (Lipinski definition) is 4. The Morgan fingerprint density at radius 3 is 2.10 bits per heavy atom. The van der Waals surface area contributed by atoms with Gasteiger partial charge >= 0.3 is 5.97 Å². The highest BCUT2D eigenvalue weighted by Crippen LogP contribution is 2.54. The Morgan fingerprint density at radius 2 is 1.72 bits per heavy atom. The van der Waals surface area contributed by atoms with Crippen LogP contribution in [0.2, 0.25) is 37.8 Å². The maximum atomic E-state index is 13.3. The minimum Gasteiger partial charge on any atom is -0.467 e. The molecule has 0 heterocycles. The summed E-state index contributed by atoms with van der Waals surface area (Å²) in [6.07, 6.45) is 2.92. The highest BCUT2D eigenvalue weighted by atomic mass is 28.4. The van der Waals surface area contributed by atoms with Crippen LogP contribution in [0.25, 0.3) is 0 Å². The fourth-order valence-corrected chi connectivity index (χ4v) is 6.85. The molecule has 1 aliphatic carbocycles. The van der Waals surface area contributed by atoms with Crippen LogP contribution in [0.15, 0.2) is 23.8 Å². The van der Waals surface area contributed by atoms with Crippen molar-refractivity contribution in [3.63, 3.8) is 0 Å². The highest BCUT2D eigenvalue weighted by molar-refractivity contribution is 6.74. The molecule has 168 valence electrons. The predicted octanol–water partition coefficient (Wildman–Crippen LogP) is 6.46. The summed E-state index contributed by atoms with van der Waals surface area (Å²) in [7, 11) is -2.68. The minimum absolute atomic E-state index is 0.0758. The first-order chi connectivity index (χ1) is 12.9. The Bertz CT molecular complexity index is 665. The molecule has 6 heteroatoms. The van der Waals surface area contributed by atoms with Crippen LogP contribution in [0.1, 0.15) is 54.4 Å². The van der Waals surface area contributed by atoms with Gasteiger partial charge in [-0.3, -0.25) is 0 Å². The minimum atomic E-state index is -2.08. The molecule has 0 fully saturated rings. The van der Waals surface area contributed by atoms with Crippen LogP contribution >= 0.6 is 0 Å². The molecule has 1 rings (SSSR count). The molecule has 0 saturated heterocycles. The van der Waals surface area contributed by atoms with Crippen LogP contribution in [0.4, 0.5) is 0 Å². The van der Waals surface area contributed by atoms with Gasteiger partial charge in [-0.1, -0.05) is 46.3 Å². The number of hydrogen-bond donors (Lipinski definition) is 0. The van der Waals surface area contributed by atoms with E-state index in [1.165, 1.54) is 18.3 Å². The summed E-state index contributed by atoms with van der Waals surface area (Å²) in [6.45, 7) is 27.9. The molecule has 0 aromatic heterocycles. The van der Waals surface area contributed by atoms with E-state index in [1.54, 1.807) is 0 Å². The van der Waals surface area contributed by atoms with Crippen LogP contribution in [-0.2, 0) is 18.4 Å². The Labute approximate surface area is 181 Å². The molecule has 0 aromatic carbocycles. The first-order valence-electron chi connectivity index (χ1n) is 10.6. The van der Waals surface area contributed by atoms with E-state index >= 15 is 0 Å². The normalized spacial score (nSPS) is 25.7. The molecule has 1 aliphatic rings. The lowest BCUT2D eigenvalue weighted by atomic mass is 9.61. The maximum Gasteiger partial charge on any atom is 0.338 e. The summed E-state index contributed by atoms with van der Waals surface area (Å²) in [5, 5.41) is 0.0758. The van der Waals surface area contributed by atoms with Gasteiger partial charge in [0.05, 0.1) is 13.2 Å². The maximum absolute atomic E-state index is 13.3. The number of carbonyl (C=O) groups is 1. The van der Waals surface area contributed by atoms with Crippen molar-refractivity contribution in [2.75, 3.05) is 7.11 Å². The predicted molar refractivity (Wildman–Crippen MR) is 127 cm³/mol. The fourth-order valence-electron chi connectivity index (χ4n) is 4.06. The fraction of sp³-hybridized carbons (Fsp3) is 0.783. The third-order valence-corrected chi connectivity index (χ3v) is 12.2. The summed E-state index contributed by atoms with van der Waals surface area (Å²) in [4.78, 5) is 13.3. The Morgan fingerprint density at radius 1 is 1.21 bits per heavy atom. The summed E-state index contributed by atoms with van der Waals surface area (Å²) in [6, 6.07) is 0. The first kappa shape index (κ1) is 26.3. The van der Waals surface area contributed by atoms with Crippen molar-refractivity contribution < 1.29 is 18.4 Å². The molecule has 0 aromatic rings. The monoisotopic (exact) mass is 440 g/mol. The van der Waals surface area contributed by atoms with E-state index in [0.717, 1.165) is 0 Å². The molecule has 0 unspecified atom stereocenters. The number of allylic oxidation sites excluding steroid dienone is 1. The van der Waals surface area contributed by atoms with Crippen LogP contribution in [0.5, 0.6) is 0 Å². The Kier molecular flexibility index (Phi) is 7.67. The smallest absolute Gasteiger partial charge is 0.338 e. The quantitative estimate of drug-likeness (QED) is 0.259. The number of esters is 1. The molecule has 0 amide bonds. The van der Waals surface area contributed by atoms with Crippen LogP contribution in [0, 0.1) is 5.41 Å². The van der Waals surface area contributed by atoms with Crippen molar-refractivity contribution in [3.05, 3.63) is 23.8 Å². The second-order valence-electron chi connectivity index (χ2n) is 11.4. The van der Waals surface area contributed by atoms with Gasteiger partial charge < -0.3 is 13.6 Å². The second kappa shape index (κ2) is 8.44. The van der Waals surface area contributed by atoms with E-state index in [2.05, 4.69) is 80.9 Å². The average molecular weight is 441 g/mol. The van der Waals surface area contributed by atoms with Gasteiger partial charge in [0.15, 0.2) is 22.2 Å². The van der Waals surface area contributed by atoms with Crippen molar-refractivity contribution in [1.29, 1.82) is 0 Å². The topological polar surface area (TPSA) is 44.8 Å². The van der Waals surface area contributed by atoms with Gasteiger partial charge in [-0.15, -0.1) is 6.58 Å². The molecule has 2 atom stereocenters. The lowest BCUT2D eigenvalue weighted by Crippen LogP contribution is -2.63. The number of methoxy groups -OCH3 is 1. The largest absolute Gasteiger partial charge is 0.467 e. The van der Waals surface area contributed by atoms with Gasteiger partial charge in [-0.2, -0.15) is 0 Å². The average Bonchev–Trinajstić information content (AvgIpc) is 2.53. The number of rotatable bonds is 7. The molecule has 0 N–H and O–H groups in total. The zero-order valence-corrected chi connectivity index (χ0v) is 22.9. The van der Waals surface area contributed by atoms with Crippen LogP contribution < -0.4 is 0 Å². The SMILES string of the molecule is C=CCC1=C(C)[C@@H](O[Si](C)(C)C(C)(C)C)C[C@@](O[Si](C)(C)C)(C(=O)OC)C1(C)C. The zero-order valence-electron chi connectivity index (χ0n) is 20.9. The summed E-state index contributed by atoms with van der Waals surface area (Å²) in [5.74, 6) is -0.303. The molecule has 0 aliphatic heterocycles.